The predicted molar refractivity (Wildman–Crippen MR) is 54.3 cm³/mol. The number of nitrogens with one attached hydrogen (secondary N) is 1. The van der Waals surface area contributed by atoms with Crippen molar-refractivity contribution in [3.63, 3.8) is 0 Å². The fourth-order valence-corrected chi connectivity index (χ4v) is 2.56. The summed E-state index contributed by atoms with van der Waals surface area (Å²) in [7, 11) is 2.11. The van der Waals surface area contributed by atoms with E-state index in [4.69, 9.17) is 0 Å². The van der Waals surface area contributed by atoms with E-state index in [0.29, 0.717) is 0 Å². The molecule has 0 spiro atoms. The Morgan fingerprint density at radius 1 is 1.17 bits per heavy atom. The first-order chi connectivity index (χ1) is 5.81. The number of hydrogen-bond acceptors (Lipinski definition) is 1. The molecule has 72 valence electrons. The lowest BCUT2D eigenvalue weighted by Gasteiger charge is -2.35. The van der Waals surface area contributed by atoms with Crippen LogP contribution >= 0.6 is 0 Å². The molecular weight excluding hydrogens is 146 g/mol. The lowest BCUT2D eigenvalue weighted by atomic mass is 9.76. The first-order valence-corrected chi connectivity index (χ1v) is 5.49. The molecule has 0 radical (unpaired) electrons. The smallest absolute Gasteiger partial charge is 0.00924 e. The largest absolute Gasteiger partial charge is 0.317 e. The van der Waals surface area contributed by atoms with Gasteiger partial charge in [-0.1, -0.05) is 26.7 Å². The molecule has 1 rings (SSSR count). The standard InChI is InChI=1S/C11H23N/c1-4-9-6-7-11(12-3)10(5-2)8-9/h9-12H,4-8H2,1-3H3/t9?,10?,11-/m1/s1. The maximum Gasteiger partial charge on any atom is 0.00924 e. The van der Waals surface area contributed by atoms with E-state index in [1.807, 2.05) is 0 Å². The summed E-state index contributed by atoms with van der Waals surface area (Å²) in [6.07, 6.45) is 7.03. The van der Waals surface area contributed by atoms with Gasteiger partial charge in [0, 0.05) is 6.04 Å². The van der Waals surface area contributed by atoms with Gasteiger partial charge >= 0.3 is 0 Å². The summed E-state index contributed by atoms with van der Waals surface area (Å²) in [4.78, 5) is 0. The molecule has 0 aliphatic heterocycles. The second-order valence-electron chi connectivity index (χ2n) is 4.15. The molecular formula is C11H23N. The van der Waals surface area contributed by atoms with Crippen molar-refractivity contribution in [2.24, 2.45) is 11.8 Å². The fraction of sp³-hybridized carbons (Fsp3) is 1.00. The topological polar surface area (TPSA) is 12.0 Å². The third kappa shape index (κ3) is 2.22. The van der Waals surface area contributed by atoms with E-state index in [1.165, 1.54) is 32.1 Å². The lowest BCUT2D eigenvalue weighted by Crippen LogP contribution is -2.38. The van der Waals surface area contributed by atoms with Gasteiger partial charge in [-0.2, -0.15) is 0 Å². The molecule has 1 saturated carbocycles. The zero-order valence-electron chi connectivity index (χ0n) is 8.77. The monoisotopic (exact) mass is 169 g/mol. The van der Waals surface area contributed by atoms with Crippen molar-refractivity contribution >= 4 is 0 Å². The quantitative estimate of drug-likeness (QED) is 0.685. The summed E-state index contributed by atoms with van der Waals surface area (Å²) in [5, 5.41) is 3.45. The predicted octanol–water partition coefficient (Wildman–Crippen LogP) is 2.81. The van der Waals surface area contributed by atoms with Gasteiger partial charge in [0.1, 0.15) is 0 Å². The van der Waals surface area contributed by atoms with Crippen LogP contribution in [0, 0.1) is 11.8 Å². The van der Waals surface area contributed by atoms with Crippen LogP contribution in [0.2, 0.25) is 0 Å². The average Bonchev–Trinajstić information content (AvgIpc) is 2.16. The first-order valence-electron chi connectivity index (χ1n) is 5.49. The zero-order valence-corrected chi connectivity index (χ0v) is 8.77. The lowest BCUT2D eigenvalue weighted by molar-refractivity contribution is 0.201. The highest BCUT2D eigenvalue weighted by Crippen LogP contribution is 2.32. The summed E-state index contributed by atoms with van der Waals surface area (Å²) in [6, 6.07) is 0.804. The summed E-state index contributed by atoms with van der Waals surface area (Å²) >= 11 is 0. The van der Waals surface area contributed by atoms with Crippen molar-refractivity contribution in [3.05, 3.63) is 0 Å². The van der Waals surface area contributed by atoms with Gasteiger partial charge in [0.25, 0.3) is 0 Å². The van der Waals surface area contributed by atoms with Gasteiger partial charge < -0.3 is 5.32 Å². The Morgan fingerprint density at radius 3 is 2.42 bits per heavy atom. The van der Waals surface area contributed by atoms with E-state index >= 15 is 0 Å². The molecule has 0 heterocycles. The van der Waals surface area contributed by atoms with Gasteiger partial charge in [-0.15, -0.1) is 0 Å². The van der Waals surface area contributed by atoms with E-state index in [2.05, 4.69) is 26.2 Å². The Balaban J connectivity index is 2.41. The molecule has 1 N–H and O–H groups in total. The maximum absolute atomic E-state index is 3.45. The molecule has 3 atom stereocenters. The Bertz CT molecular complexity index is 122. The first kappa shape index (κ1) is 10.0. The molecule has 1 nitrogen and oxygen atoms in total. The highest BCUT2D eigenvalue weighted by atomic mass is 14.9. The highest BCUT2D eigenvalue weighted by Gasteiger charge is 2.26. The minimum absolute atomic E-state index is 0.804. The van der Waals surface area contributed by atoms with Crippen molar-refractivity contribution in [2.45, 2.75) is 52.0 Å². The van der Waals surface area contributed by atoms with Crippen LogP contribution in [-0.2, 0) is 0 Å². The molecule has 0 aromatic carbocycles. The highest BCUT2D eigenvalue weighted by molar-refractivity contribution is 4.82. The molecule has 0 saturated heterocycles. The van der Waals surface area contributed by atoms with Crippen molar-refractivity contribution < 1.29 is 0 Å². The molecule has 1 fully saturated rings. The van der Waals surface area contributed by atoms with Crippen molar-refractivity contribution in [3.8, 4) is 0 Å². The zero-order chi connectivity index (χ0) is 8.97. The van der Waals surface area contributed by atoms with Gasteiger partial charge in [-0.05, 0) is 38.1 Å². The van der Waals surface area contributed by atoms with Gasteiger partial charge in [-0.3, -0.25) is 0 Å². The molecule has 2 unspecified atom stereocenters. The van der Waals surface area contributed by atoms with Crippen LogP contribution in [0.5, 0.6) is 0 Å². The van der Waals surface area contributed by atoms with Crippen LogP contribution in [0.3, 0.4) is 0 Å². The van der Waals surface area contributed by atoms with Crippen LogP contribution < -0.4 is 5.32 Å². The Kier molecular flexibility index (Phi) is 4.07. The third-order valence-corrected chi connectivity index (χ3v) is 3.56. The fourth-order valence-electron chi connectivity index (χ4n) is 2.56. The molecule has 1 heteroatoms. The molecule has 12 heavy (non-hydrogen) atoms. The Hall–Kier alpha value is -0.0400. The van der Waals surface area contributed by atoms with E-state index < -0.39 is 0 Å². The average molecular weight is 169 g/mol. The van der Waals surface area contributed by atoms with Crippen LogP contribution in [-0.4, -0.2) is 13.1 Å². The van der Waals surface area contributed by atoms with Crippen molar-refractivity contribution in [2.75, 3.05) is 7.05 Å². The Morgan fingerprint density at radius 2 is 1.92 bits per heavy atom. The van der Waals surface area contributed by atoms with E-state index in [-0.39, 0.29) is 0 Å². The molecule has 0 bridgehead atoms. The van der Waals surface area contributed by atoms with Crippen LogP contribution in [0.15, 0.2) is 0 Å². The summed E-state index contributed by atoms with van der Waals surface area (Å²) in [5.41, 5.74) is 0. The van der Waals surface area contributed by atoms with E-state index in [9.17, 15) is 0 Å². The van der Waals surface area contributed by atoms with Crippen LogP contribution in [0.25, 0.3) is 0 Å². The SMILES string of the molecule is CCC1CC[C@@H](NC)C(CC)C1. The van der Waals surface area contributed by atoms with E-state index in [1.54, 1.807) is 0 Å². The molecule has 0 aromatic heterocycles. The van der Waals surface area contributed by atoms with Crippen molar-refractivity contribution in [1.29, 1.82) is 0 Å². The molecule has 1 aliphatic carbocycles. The number of rotatable bonds is 3. The summed E-state index contributed by atoms with van der Waals surface area (Å²) in [6.45, 7) is 4.66. The maximum atomic E-state index is 3.45. The molecule has 0 amide bonds. The molecule has 0 aromatic rings. The molecule has 1 aliphatic rings. The summed E-state index contributed by atoms with van der Waals surface area (Å²) in [5.74, 6) is 1.95. The van der Waals surface area contributed by atoms with Gasteiger partial charge in [-0.25, -0.2) is 0 Å². The Labute approximate surface area is 76.9 Å². The van der Waals surface area contributed by atoms with Crippen molar-refractivity contribution in [1.82, 2.24) is 5.32 Å². The minimum atomic E-state index is 0.804. The second kappa shape index (κ2) is 4.86. The normalized spacial score (nSPS) is 36.8. The van der Waals surface area contributed by atoms with Crippen LogP contribution in [0.4, 0.5) is 0 Å². The van der Waals surface area contributed by atoms with Crippen LogP contribution in [0.1, 0.15) is 46.0 Å². The minimum Gasteiger partial charge on any atom is -0.317 e. The summed E-state index contributed by atoms with van der Waals surface area (Å²) < 4.78 is 0. The number of hydrogen-bond donors (Lipinski definition) is 1. The third-order valence-electron chi connectivity index (χ3n) is 3.56. The second-order valence-corrected chi connectivity index (χ2v) is 4.15. The van der Waals surface area contributed by atoms with Gasteiger partial charge in [0.05, 0.1) is 0 Å². The van der Waals surface area contributed by atoms with Gasteiger partial charge in [0.15, 0.2) is 0 Å². The van der Waals surface area contributed by atoms with E-state index in [0.717, 1.165) is 17.9 Å². The van der Waals surface area contributed by atoms with Gasteiger partial charge in [0.2, 0.25) is 0 Å².